The molecule has 2 atom stereocenters. The van der Waals surface area contributed by atoms with Gasteiger partial charge >= 0.3 is 12.3 Å². The van der Waals surface area contributed by atoms with Gasteiger partial charge in [0.2, 0.25) is 0 Å². The van der Waals surface area contributed by atoms with Crippen LogP contribution < -0.4 is 5.32 Å². The molecule has 0 fully saturated rings. The van der Waals surface area contributed by atoms with Crippen LogP contribution in [0, 0.1) is 5.92 Å². The third-order valence-electron chi connectivity index (χ3n) is 1.86. The Morgan fingerprint density at radius 1 is 1.40 bits per heavy atom. The summed E-state index contributed by atoms with van der Waals surface area (Å²) >= 11 is 0. The van der Waals surface area contributed by atoms with Crippen LogP contribution in [-0.2, 0) is 4.74 Å². The highest BCUT2D eigenvalue weighted by Gasteiger charge is 2.45. The average molecular weight is 229 g/mol. The number of amides is 1. The number of carbonyl (C=O) groups excluding carboxylic acids is 1. The van der Waals surface area contributed by atoms with Gasteiger partial charge in [-0.1, -0.05) is 13.8 Å². The molecule has 15 heavy (non-hydrogen) atoms. The number of carbonyl (C=O) groups is 1. The highest BCUT2D eigenvalue weighted by Crippen LogP contribution is 2.25. The number of aliphatic hydroxyl groups is 1. The molecule has 0 aromatic rings. The molecule has 0 aromatic heterocycles. The standard InChI is InChI=1S/C8H14F3NO3/c1-4(2)5(12-7(14)15-3)6(13)8(9,10)11/h4-6,13H,1-3H3,(H,12,14)/t5-,6-/m0/s1. The van der Waals surface area contributed by atoms with Gasteiger partial charge in [-0.25, -0.2) is 4.79 Å². The van der Waals surface area contributed by atoms with E-state index in [0.29, 0.717) is 0 Å². The van der Waals surface area contributed by atoms with E-state index in [2.05, 4.69) is 4.74 Å². The molecule has 0 spiro atoms. The number of methoxy groups -OCH3 is 1. The van der Waals surface area contributed by atoms with Crippen molar-refractivity contribution in [1.82, 2.24) is 5.32 Å². The highest BCUT2D eigenvalue weighted by atomic mass is 19.4. The number of alkyl carbamates (subject to hydrolysis) is 1. The fourth-order valence-corrected chi connectivity index (χ4v) is 1.01. The number of hydrogen-bond donors (Lipinski definition) is 2. The van der Waals surface area contributed by atoms with Crippen LogP contribution in [0.25, 0.3) is 0 Å². The Morgan fingerprint density at radius 3 is 2.13 bits per heavy atom. The molecule has 0 unspecified atom stereocenters. The van der Waals surface area contributed by atoms with Gasteiger partial charge in [-0.2, -0.15) is 13.2 Å². The lowest BCUT2D eigenvalue weighted by atomic mass is 9.98. The maximum atomic E-state index is 12.2. The van der Waals surface area contributed by atoms with E-state index in [9.17, 15) is 18.0 Å². The van der Waals surface area contributed by atoms with Crippen LogP contribution in [0.4, 0.5) is 18.0 Å². The summed E-state index contributed by atoms with van der Waals surface area (Å²) in [6.07, 6.45) is -8.37. The molecule has 0 saturated heterocycles. The predicted molar refractivity (Wildman–Crippen MR) is 46.2 cm³/mol. The zero-order valence-corrected chi connectivity index (χ0v) is 8.63. The summed E-state index contributed by atoms with van der Waals surface area (Å²) in [4.78, 5) is 10.7. The van der Waals surface area contributed by atoms with Crippen LogP contribution in [0.15, 0.2) is 0 Å². The Morgan fingerprint density at radius 2 is 1.87 bits per heavy atom. The lowest BCUT2D eigenvalue weighted by Gasteiger charge is -2.28. The molecule has 0 heterocycles. The average Bonchev–Trinajstić information content (AvgIpc) is 2.10. The van der Waals surface area contributed by atoms with Gasteiger partial charge in [0.05, 0.1) is 13.2 Å². The molecule has 7 heteroatoms. The van der Waals surface area contributed by atoms with Gasteiger partial charge in [-0.05, 0) is 5.92 Å². The molecule has 0 bridgehead atoms. The zero-order chi connectivity index (χ0) is 12.2. The van der Waals surface area contributed by atoms with E-state index in [1.54, 1.807) is 0 Å². The highest BCUT2D eigenvalue weighted by molar-refractivity contribution is 5.67. The third-order valence-corrected chi connectivity index (χ3v) is 1.86. The van der Waals surface area contributed by atoms with Crippen molar-refractivity contribution >= 4 is 6.09 Å². The van der Waals surface area contributed by atoms with E-state index >= 15 is 0 Å². The van der Waals surface area contributed by atoms with Crippen molar-refractivity contribution in [3.8, 4) is 0 Å². The molecular weight excluding hydrogens is 215 g/mol. The summed E-state index contributed by atoms with van der Waals surface area (Å²) in [6.45, 7) is 2.91. The van der Waals surface area contributed by atoms with Gasteiger partial charge in [0.15, 0.2) is 6.10 Å². The van der Waals surface area contributed by atoms with Gasteiger partial charge in [0.25, 0.3) is 0 Å². The number of nitrogens with one attached hydrogen (secondary N) is 1. The van der Waals surface area contributed by atoms with E-state index in [0.717, 1.165) is 7.11 Å². The van der Waals surface area contributed by atoms with E-state index in [-0.39, 0.29) is 0 Å². The van der Waals surface area contributed by atoms with Gasteiger partial charge < -0.3 is 15.2 Å². The van der Waals surface area contributed by atoms with Gasteiger partial charge in [-0.3, -0.25) is 0 Å². The Kier molecular flexibility index (Phi) is 4.86. The Labute approximate surface area is 85.4 Å². The zero-order valence-electron chi connectivity index (χ0n) is 8.63. The van der Waals surface area contributed by atoms with Crippen molar-refractivity contribution in [2.45, 2.75) is 32.2 Å². The minimum atomic E-state index is -4.77. The Hall–Kier alpha value is -0.980. The second-order valence-electron chi connectivity index (χ2n) is 3.39. The van der Waals surface area contributed by atoms with Crippen molar-refractivity contribution < 1.29 is 27.8 Å². The maximum Gasteiger partial charge on any atom is 0.416 e. The summed E-state index contributed by atoms with van der Waals surface area (Å²) in [5.74, 6) is -0.569. The SMILES string of the molecule is COC(=O)N[C@@H](C(C)C)[C@H](O)C(F)(F)F. The van der Waals surface area contributed by atoms with Crippen molar-refractivity contribution in [2.75, 3.05) is 7.11 Å². The molecule has 0 aliphatic rings. The number of aliphatic hydroxyl groups excluding tert-OH is 1. The van der Waals surface area contributed by atoms with E-state index < -0.39 is 30.3 Å². The minimum Gasteiger partial charge on any atom is -0.453 e. The molecule has 90 valence electrons. The first kappa shape index (κ1) is 14.0. The van der Waals surface area contributed by atoms with Crippen molar-refractivity contribution in [3.05, 3.63) is 0 Å². The van der Waals surface area contributed by atoms with Crippen molar-refractivity contribution in [3.63, 3.8) is 0 Å². The second-order valence-corrected chi connectivity index (χ2v) is 3.39. The van der Waals surface area contributed by atoms with E-state index in [1.807, 2.05) is 5.32 Å². The van der Waals surface area contributed by atoms with Crippen LogP contribution in [0.3, 0.4) is 0 Å². The van der Waals surface area contributed by atoms with Crippen LogP contribution in [0.5, 0.6) is 0 Å². The number of hydrogen-bond acceptors (Lipinski definition) is 3. The lowest BCUT2D eigenvalue weighted by Crippen LogP contribution is -2.52. The molecule has 0 rings (SSSR count). The van der Waals surface area contributed by atoms with Crippen LogP contribution >= 0.6 is 0 Å². The van der Waals surface area contributed by atoms with E-state index in [1.165, 1.54) is 13.8 Å². The number of rotatable bonds is 3. The monoisotopic (exact) mass is 229 g/mol. The van der Waals surface area contributed by atoms with Crippen LogP contribution in [0.1, 0.15) is 13.8 Å². The number of halogens is 3. The first-order valence-corrected chi connectivity index (χ1v) is 4.29. The molecule has 1 amide bonds. The van der Waals surface area contributed by atoms with Crippen LogP contribution in [-0.4, -0.2) is 36.6 Å². The fraction of sp³-hybridized carbons (Fsp3) is 0.875. The molecule has 0 radical (unpaired) electrons. The normalized spacial score (nSPS) is 16.0. The third kappa shape index (κ3) is 4.37. The van der Waals surface area contributed by atoms with Crippen molar-refractivity contribution in [1.29, 1.82) is 0 Å². The Bertz CT molecular complexity index is 218. The molecular formula is C8H14F3NO3. The molecule has 0 aliphatic heterocycles. The summed E-state index contributed by atoms with van der Waals surface area (Å²) in [7, 11) is 1.03. The van der Waals surface area contributed by atoms with Crippen LogP contribution in [0.2, 0.25) is 0 Å². The Balaban J connectivity index is 4.60. The topological polar surface area (TPSA) is 58.6 Å². The van der Waals surface area contributed by atoms with Gasteiger partial charge in [0.1, 0.15) is 0 Å². The fourth-order valence-electron chi connectivity index (χ4n) is 1.01. The molecule has 0 aromatic carbocycles. The summed E-state index contributed by atoms with van der Waals surface area (Å²) in [6, 6.07) is -1.42. The summed E-state index contributed by atoms with van der Waals surface area (Å²) < 4.78 is 40.7. The number of alkyl halides is 3. The molecule has 4 nitrogen and oxygen atoms in total. The molecule has 0 saturated carbocycles. The minimum absolute atomic E-state index is 0.569. The predicted octanol–water partition coefficient (Wildman–Crippen LogP) is 1.29. The summed E-state index contributed by atoms with van der Waals surface area (Å²) in [5, 5.41) is 10.9. The summed E-state index contributed by atoms with van der Waals surface area (Å²) in [5.41, 5.74) is 0. The quantitative estimate of drug-likeness (QED) is 0.766. The first-order chi connectivity index (χ1) is 6.70. The maximum absolute atomic E-state index is 12.2. The smallest absolute Gasteiger partial charge is 0.416 e. The largest absolute Gasteiger partial charge is 0.453 e. The second kappa shape index (κ2) is 5.20. The van der Waals surface area contributed by atoms with Gasteiger partial charge in [-0.15, -0.1) is 0 Å². The number of ether oxygens (including phenoxy) is 1. The lowest BCUT2D eigenvalue weighted by molar-refractivity contribution is -0.214. The van der Waals surface area contributed by atoms with E-state index in [4.69, 9.17) is 5.11 Å². The molecule has 2 N–H and O–H groups in total. The molecule has 0 aliphatic carbocycles. The van der Waals surface area contributed by atoms with Crippen molar-refractivity contribution in [2.24, 2.45) is 5.92 Å². The first-order valence-electron chi connectivity index (χ1n) is 4.29. The van der Waals surface area contributed by atoms with Gasteiger partial charge in [0, 0.05) is 0 Å².